The molecule has 0 spiro atoms. The molecule has 0 fully saturated rings. The second kappa shape index (κ2) is 14.9. The van der Waals surface area contributed by atoms with Crippen molar-refractivity contribution in [2.24, 2.45) is 0 Å². The number of fused-ring (bicyclic) bond motifs is 4. The fourth-order valence-corrected chi connectivity index (χ4v) is 6.38. The largest absolute Gasteiger partial charge is 0.652 e. The average Bonchev–Trinajstić information content (AvgIpc) is 3.88. The Morgan fingerprint density at radius 1 is 0.627 bits per heavy atom. The van der Waals surface area contributed by atoms with Crippen LogP contribution in [0.25, 0.3) is 72.2 Å². The fourth-order valence-electron chi connectivity index (χ4n) is 6.38. The van der Waals surface area contributed by atoms with Gasteiger partial charge in [-0.1, -0.05) is 18.2 Å². The van der Waals surface area contributed by atoms with Gasteiger partial charge < -0.3 is 25.2 Å². The number of aromatic nitrogens is 8. The van der Waals surface area contributed by atoms with Gasteiger partial charge in [0.1, 0.15) is 11.4 Å². The van der Waals surface area contributed by atoms with Crippen molar-refractivity contribution in [2.45, 2.75) is 41.5 Å². The molecule has 0 saturated heterocycles. The van der Waals surface area contributed by atoms with E-state index in [1.54, 1.807) is 30.3 Å². The number of carbonyl (C=O) groups is 2. The number of amides is 1. The van der Waals surface area contributed by atoms with E-state index in [1.807, 2.05) is 13.0 Å². The molecule has 4 aromatic carbocycles. The average molecular weight is 831 g/mol. The number of benzene rings is 4. The summed E-state index contributed by atoms with van der Waals surface area (Å²) in [7, 11) is 1.50. The minimum atomic E-state index is -0.956. The molecule has 8 aromatic rings. The standard InChI is InChI=1S/C19H19N5O.C18H16N4O2.2Y/c1-9-7-10(2)16-15(11(9)3)17(24-23-16)18-21-13-6-5-12(19(25)20-4)8-14(13)22-18;1-8-6-9(2)15-14(10(8)3)16(22-21-15)17-19-12-5-4-11(18(23)24)7-13(12)20-17;;/h5-8H,1-4H3,(H3,20,21,22,23,24,25);4-7H,1-3H3,(H,19,20)(H,21,22)(H,23,24);;/p-1. The molecule has 0 aliphatic rings. The molecule has 252 valence electrons. The maximum atomic E-state index is 11.8. The molecule has 1 amide bonds. The van der Waals surface area contributed by atoms with E-state index in [2.05, 4.69) is 92.4 Å². The molecule has 4 heterocycles. The van der Waals surface area contributed by atoms with Gasteiger partial charge in [-0.15, -0.1) is 7.05 Å². The third-order valence-electron chi connectivity index (χ3n) is 9.21. The van der Waals surface area contributed by atoms with Crippen molar-refractivity contribution >= 4 is 55.7 Å². The van der Waals surface area contributed by atoms with Gasteiger partial charge in [-0.2, -0.15) is 10.2 Å². The van der Waals surface area contributed by atoms with E-state index in [9.17, 15) is 9.59 Å². The van der Waals surface area contributed by atoms with Crippen LogP contribution in [0.3, 0.4) is 0 Å². The van der Waals surface area contributed by atoms with Crippen LogP contribution in [0.1, 0.15) is 54.1 Å². The zero-order valence-corrected chi connectivity index (χ0v) is 34.9. The number of aromatic amines is 4. The van der Waals surface area contributed by atoms with Crippen LogP contribution in [0, 0.1) is 41.5 Å². The van der Waals surface area contributed by atoms with E-state index in [0.717, 1.165) is 66.4 Å². The number of rotatable bonds is 4. The molecule has 0 saturated carbocycles. The molecule has 51 heavy (non-hydrogen) atoms. The number of carboxylic acid groups (broad SMARTS) is 1. The predicted molar refractivity (Wildman–Crippen MR) is 191 cm³/mol. The fraction of sp³-hybridized carbons (Fsp3) is 0.189. The Morgan fingerprint density at radius 2 is 1.06 bits per heavy atom. The molecule has 0 aliphatic carbocycles. The maximum Gasteiger partial charge on any atom is 0.335 e. The summed E-state index contributed by atoms with van der Waals surface area (Å²) in [6, 6.07) is 14.5. The zero-order chi connectivity index (χ0) is 34.7. The number of aromatic carboxylic acids is 1. The summed E-state index contributed by atoms with van der Waals surface area (Å²) in [6.07, 6.45) is 0. The first-order valence-corrected chi connectivity index (χ1v) is 15.7. The minimum absolute atomic E-state index is 0. The summed E-state index contributed by atoms with van der Waals surface area (Å²) >= 11 is 0. The normalized spacial score (nSPS) is 11.0. The zero-order valence-electron chi connectivity index (χ0n) is 29.3. The third kappa shape index (κ3) is 6.82. The molecule has 14 heteroatoms. The van der Waals surface area contributed by atoms with Gasteiger partial charge in [0.15, 0.2) is 11.6 Å². The van der Waals surface area contributed by atoms with E-state index in [4.69, 9.17) is 5.11 Å². The van der Waals surface area contributed by atoms with Crippen LogP contribution in [0.15, 0.2) is 48.5 Å². The topological polar surface area (TPSA) is 183 Å². The van der Waals surface area contributed by atoms with Gasteiger partial charge in [0.05, 0.1) is 44.6 Å². The second-order valence-electron chi connectivity index (χ2n) is 12.4. The molecule has 5 N–H and O–H groups in total. The number of nitrogens with one attached hydrogen (secondary N) is 4. The van der Waals surface area contributed by atoms with E-state index in [-0.39, 0.29) is 76.9 Å². The smallest absolute Gasteiger partial charge is 0.335 e. The van der Waals surface area contributed by atoms with Gasteiger partial charge in [-0.05, 0) is 105 Å². The van der Waals surface area contributed by atoms with Gasteiger partial charge in [0.25, 0.3) is 0 Å². The number of aryl methyl sites for hydroxylation is 6. The maximum absolute atomic E-state index is 11.8. The summed E-state index contributed by atoms with van der Waals surface area (Å²) in [5, 5.41) is 30.1. The summed E-state index contributed by atoms with van der Waals surface area (Å²) < 4.78 is 0. The van der Waals surface area contributed by atoms with Crippen molar-refractivity contribution < 1.29 is 80.1 Å². The van der Waals surface area contributed by atoms with Gasteiger partial charge in [0.2, 0.25) is 0 Å². The summed E-state index contributed by atoms with van der Waals surface area (Å²) in [4.78, 5) is 38.6. The van der Waals surface area contributed by atoms with Crippen LogP contribution in [-0.4, -0.2) is 64.4 Å². The molecule has 0 bridgehead atoms. The van der Waals surface area contributed by atoms with Crippen LogP contribution < -0.4 is 0 Å². The third-order valence-corrected chi connectivity index (χ3v) is 9.21. The predicted octanol–water partition coefficient (Wildman–Crippen LogP) is 7.90. The van der Waals surface area contributed by atoms with Crippen LogP contribution >= 0.6 is 0 Å². The van der Waals surface area contributed by atoms with Crippen molar-refractivity contribution in [3.63, 3.8) is 0 Å². The summed E-state index contributed by atoms with van der Waals surface area (Å²) in [5.74, 6) is 0.168. The number of imidazole rings is 2. The Bertz CT molecular complexity index is 2630. The molecular weight excluding hydrogens is 796 g/mol. The number of carbonyl (C=O) groups excluding carboxylic acids is 1. The van der Waals surface area contributed by atoms with Crippen LogP contribution in [-0.2, 0) is 65.4 Å². The first-order chi connectivity index (χ1) is 23.4. The first-order valence-electron chi connectivity index (χ1n) is 15.7. The van der Waals surface area contributed by atoms with E-state index in [0.29, 0.717) is 22.7 Å². The van der Waals surface area contributed by atoms with Crippen molar-refractivity contribution in [3.8, 4) is 23.0 Å². The van der Waals surface area contributed by atoms with Crippen LogP contribution in [0.2, 0.25) is 0 Å². The molecule has 12 nitrogen and oxygen atoms in total. The Kier molecular flexibility index (Phi) is 11.1. The molecular formula is C37H34N9O3Y2-. The second-order valence-corrected chi connectivity index (χ2v) is 12.4. The monoisotopic (exact) mass is 830 g/mol. The van der Waals surface area contributed by atoms with Gasteiger partial charge in [-0.25, -0.2) is 14.8 Å². The Morgan fingerprint density at radius 3 is 1.49 bits per heavy atom. The molecule has 4 aromatic heterocycles. The Hall–Kier alpha value is -4.09. The van der Waals surface area contributed by atoms with Gasteiger partial charge in [0, 0.05) is 81.8 Å². The first kappa shape index (κ1) is 38.1. The van der Waals surface area contributed by atoms with Crippen molar-refractivity contribution in [1.82, 2.24) is 40.3 Å². The van der Waals surface area contributed by atoms with Gasteiger partial charge in [-0.3, -0.25) is 10.2 Å². The Balaban J connectivity index is 0.000000190. The molecule has 0 unspecified atom stereocenters. The molecule has 8 rings (SSSR count). The van der Waals surface area contributed by atoms with E-state index in [1.165, 1.54) is 23.7 Å². The van der Waals surface area contributed by atoms with Crippen molar-refractivity contribution in [2.75, 3.05) is 7.05 Å². The molecule has 0 aliphatic heterocycles. The number of hydrogen-bond donors (Lipinski definition) is 5. The number of H-pyrrole nitrogens is 4. The number of nitrogens with zero attached hydrogens (tertiary/aromatic N) is 5. The summed E-state index contributed by atoms with van der Waals surface area (Å²) in [6.45, 7) is 12.4. The van der Waals surface area contributed by atoms with E-state index >= 15 is 0 Å². The van der Waals surface area contributed by atoms with Gasteiger partial charge >= 0.3 is 5.97 Å². The van der Waals surface area contributed by atoms with Crippen molar-refractivity contribution in [1.29, 1.82) is 0 Å². The SMILES string of the molecule is C[N-]C(=O)c1ccc2nc(-c3[nH]nc4c(C)cc(C)c(C)c34)[nH]c2c1.Cc1cc(C)c2n[nH]c(-c3nc4ccc(C(=O)O)cc4[nH]3)c2c1C.[Y].[Y]. The summed E-state index contributed by atoms with van der Waals surface area (Å²) in [5.41, 5.74) is 14.4. The quantitative estimate of drug-likeness (QED) is 0.119. The van der Waals surface area contributed by atoms with Crippen LogP contribution in [0.4, 0.5) is 0 Å². The number of hydrogen-bond acceptors (Lipinski definition) is 6. The van der Waals surface area contributed by atoms with Crippen LogP contribution in [0.5, 0.6) is 0 Å². The van der Waals surface area contributed by atoms with Crippen molar-refractivity contribution in [3.05, 3.63) is 98.4 Å². The minimum Gasteiger partial charge on any atom is -0.652 e. The molecule has 2 radical (unpaired) electrons. The number of carboxylic acids is 1. The van der Waals surface area contributed by atoms with E-state index < -0.39 is 5.97 Å². The molecule has 0 atom stereocenters. The Labute approximate surface area is 343 Å².